The maximum Gasteiger partial charge on any atom is 0.165 e. The van der Waals surface area contributed by atoms with E-state index in [0.717, 1.165) is 65.4 Å². The lowest BCUT2D eigenvalue weighted by atomic mass is 9.79. The lowest BCUT2D eigenvalue weighted by Crippen LogP contribution is -2.33. The first-order valence-electron chi connectivity index (χ1n) is 15.8. The third kappa shape index (κ3) is 8.08. The van der Waals surface area contributed by atoms with Crippen LogP contribution in [0.5, 0.6) is 0 Å². The number of rotatable bonds is 14. The number of hydrogen-bond donors (Lipinski definition) is 1. The summed E-state index contributed by atoms with van der Waals surface area (Å²) in [5, 5.41) is 14.4. The highest BCUT2D eigenvalue weighted by Gasteiger charge is 2.36. The topological polar surface area (TPSA) is 85.0 Å². The van der Waals surface area contributed by atoms with E-state index in [1.165, 1.54) is 32.1 Å². The van der Waals surface area contributed by atoms with Crippen LogP contribution in [0.1, 0.15) is 49.4 Å². The van der Waals surface area contributed by atoms with E-state index < -0.39 is 16.1 Å². The van der Waals surface area contributed by atoms with Gasteiger partial charge in [0.1, 0.15) is 19.3 Å². The molecule has 10 heteroatoms. The summed E-state index contributed by atoms with van der Waals surface area (Å²) in [5.74, 6) is 3.07. The van der Waals surface area contributed by atoms with Gasteiger partial charge in [-0.25, -0.2) is 4.98 Å². The minimum absolute atomic E-state index is 0.0734. The van der Waals surface area contributed by atoms with E-state index in [9.17, 15) is 5.11 Å². The van der Waals surface area contributed by atoms with Gasteiger partial charge in [-0.3, -0.25) is 4.98 Å². The maximum absolute atomic E-state index is 9.51. The van der Waals surface area contributed by atoms with Crippen molar-refractivity contribution in [3.63, 3.8) is 0 Å². The van der Waals surface area contributed by atoms with Crippen LogP contribution in [0.15, 0.2) is 30.6 Å². The number of fused-ring (bicyclic) bond motifs is 3. The molecular formula is C32H51N5O3Si2. The van der Waals surface area contributed by atoms with Gasteiger partial charge in [-0.1, -0.05) is 58.2 Å². The second-order valence-corrected chi connectivity index (χ2v) is 26.2. The molecule has 0 amide bonds. The van der Waals surface area contributed by atoms with E-state index in [2.05, 4.69) is 55.2 Å². The van der Waals surface area contributed by atoms with Crippen LogP contribution in [0.4, 0.5) is 5.82 Å². The molecule has 2 aliphatic rings. The number of anilines is 1. The van der Waals surface area contributed by atoms with Crippen molar-refractivity contribution in [2.45, 2.75) is 96.0 Å². The van der Waals surface area contributed by atoms with E-state index in [1.54, 1.807) is 0 Å². The Morgan fingerprint density at radius 1 is 0.905 bits per heavy atom. The molecule has 3 atom stereocenters. The quantitative estimate of drug-likeness (QED) is 0.120. The molecule has 1 unspecified atom stereocenters. The Kier molecular flexibility index (Phi) is 9.88. The van der Waals surface area contributed by atoms with Gasteiger partial charge >= 0.3 is 0 Å². The smallest absolute Gasteiger partial charge is 0.165 e. The molecule has 0 aliphatic heterocycles. The molecule has 2 fully saturated rings. The third-order valence-electron chi connectivity index (χ3n) is 8.89. The van der Waals surface area contributed by atoms with Gasteiger partial charge in [-0.2, -0.15) is 9.61 Å². The number of pyridine rings is 1. The Balaban J connectivity index is 1.50. The second-order valence-electron chi connectivity index (χ2n) is 15.0. The van der Waals surface area contributed by atoms with Gasteiger partial charge in [0.25, 0.3) is 0 Å². The number of nitrogens with zero attached hydrogens (tertiary/aromatic N) is 5. The molecule has 5 rings (SSSR count). The summed E-state index contributed by atoms with van der Waals surface area (Å²) in [5.41, 5.74) is 4.55. The van der Waals surface area contributed by atoms with Crippen molar-refractivity contribution in [1.29, 1.82) is 0 Å². The fourth-order valence-corrected chi connectivity index (χ4v) is 7.82. The van der Waals surface area contributed by atoms with Crippen molar-refractivity contribution < 1.29 is 14.6 Å². The van der Waals surface area contributed by atoms with Crippen LogP contribution >= 0.6 is 0 Å². The number of ether oxygens (including phenoxy) is 2. The molecule has 0 spiro atoms. The Morgan fingerprint density at radius 3 is 2.10 bits per heavy atom. The summed E-state index contributed by atoms with van der Waals surface area (Å²) in [6.07, 6.45) is 10.2. The molecule has 230 valence electrons. The summed E-state index contributed by atoms with van der Waals surface area (Å²) in [6, 6.07) is 8.38. The molecule has 0 radical (unpaired) electrons. The fraction of sp³-hybridized carbons (Fsp3) is 0.656. The third-order valence-corrected chi connectivity index (χ3v) is 12.3. The molecule has 0 aromatic carbocycles. The summed E-state index contributed by atoms with van der Waals surface area (Å²) in [7, 11) is -2.41. The van der Waals surface area contributed by atoms with E-state index >= 15 is 0 Å². The highest BCUT2D eigenvalue weighted by atomic mass is 28.3. The van der Waals surface area contributed by atoms with E-state index in [1.807, 2.05) is 29.0 Å². The molecule has 3 heterocycles. The zero-order valence-corrected chi connectivity index (χ0v) is 28.6. The minimum Gasteiger partial charge on any atom is -0.390 e. The van der Waals surface area contributed by atoms with Gasteiger partial charge in [0, 0.05) is 64.4 Å². The van der Waals surface area contributed by atoms with E-state index in [4.69, 9.17) is 19.6 Å². The average Bonchev–Trinajstić information content (AvgIpc) is 3.52. The molecule has 2 aliphatic carbocycles. The largest absolute Gasteiger partial charge is 0.390 e. The predicted molar refractivity (Wildman–Crippen MR) is 175 cm³/mol. The van der Waals surface area contributed by atoms with Gasteiger partial charge in [-0.05, 0) is 49.3 Å². The zero-order valence-electron chi connectivity index (χ0n) is 26.6. The van der Waals surface area contributed by atoms with Crippen LogP contribution in [0.25, 0.3) is 16.8 Å². The predicted octanol–water partition coefficient (Wildman–Crippen LogP) is 7.01. The van der Waals surface area contributed by atoms with Gasteiger partial charge in [0.2, 0.25) is 0 Å². The molecule has 8 nitrogen and oxygen atoms in total. The van der Waals surface area contributed by atoms with Crippen LogP contribution in [0.2, 0.25) is 51.4 Å². The first-order valence-corrected chi connectivity index (χ1v) is 23.3. The molecule has 42 heavy (non-hydrogen) atoms. The van der Waals surface area contributed by atoms with Crippen molar-refractivity contribution >= 4 is 27.6 Å². The van der Waals surface area contributed by atoms with Gasteiger partial charge in [-0.15, -0.1) is 0 Å². The zero-order chi connectivity index (χ0) is 29.9. The van der Waals surface area contributed by atoms with Crippen LogP contribution in [0, 0.1) is 11.8 Å². The summed E-state index contributed by atoms with van der Waals surface area (Å²) in [6.45, 7) is 16.6. The standard InChI is InChI=1S/C32H51N5O3Si2/c1-41(2,3)13-11-39-22-36(23-40-12-14-42(4,5)6)31-18-30(27-16-24-7-8-25(15-24)17-27)35-32-29(20-34-37(31)32)26-9-10-28(21-38)33-19-26/h9-10,18-20,24-25,27,38H,7-8,11-17,21-23H2,1-6H3/t24-,25+,27?. The Labute approximate surface area is 253 Å². The number of aromatic nitrogens is 4. The number of hydrogen-bond acceptors (Lipinski definition) is 7. The maximum atomic E-state index is 9.51. The van der Waals surface area contributed by atoms with Crippen molar-refractivity contribution in [2.75, 3.05) is 31.6 Å². The molecule has 3 aromatic heterocycles. The minimum atomic E-state index is -1.20. The first kappa shape index (κ1) is 31.3. The lowest BCUT2D eigenvalue weighted by Gasteiger charge is -2.30. The fourth-order valence-electron chi connectivity index (χ4n) is 6.31. The summed E-state index contributed by atoms with van der Waals surface area (Å²) >= 11 is 0. The molecule has 1 N–H and O–H groups in total. The highest BCUT2D eigenvalue weighted by molar-refractivity contribution is 6.76. The Bertz CT molecular complexity index is 1280. The van der Waals surface area contributed by atoms with Crippen LogP contribution in [-0.2, 0) is 16.1 Å². The van der Waals surface area contributed by atoms with Crippen LogP contribution < -0.4 is 4.90 Å². The van der Waals surface area contributed by atoms with Gasteiger partial charge in [0.15, 0.2) is 5.65 Å². The monoisotopic (exact) mass is 609 g/mol. The van der Waals surface area contributed by atoms with Gasteiger partial charge in [0.05, 0.1) is 18.5 Å². The summed E-state index contributed by atoms with van der Waals surface area (Å²) < 4.78 is 14.6. The highest BCUT2D eigenvalue weighted by Crippen LogP contribution is 2.48. The number of aliphatic hydroxyl groups excluding tert-OH is 1. The SMILES string of the molecule is C[Si](C)(C)CCOCN(COCC[Si](C)(C)C)c1cc(C2C[C@H]3CC[C@@H](C2)C3)nc2c(-c3ccc(CO)nc3)cnn12. The molecule has 0 saturated heterocycles. The molecule has 2 saturated carbocycles. The average molecular weight is 610 g/mol. The lowest BCUT2D eigenvalue weighted by molar-refractivity contribution is 0.0942. The second kappa shape index (κ2) is 13.3. The first-order chi connectivity index (χ1) is 20.0. The normalized spacial score (nSPS) is 20.9. The van der Waals surface area contributed by atoms with Gasteiger partial charge < -0.3 is 19.5 Å². The Morgan fingerprint density at radius 2 is 1.55 bits per heavy atom. The van der Waals surface area contributed by atoms with E-state index in [0.29, 0.717) is 25.1 Å². The molecule has 2 bridgehead atoms. The van der Waals surface area contributed by atoms with Crippen molar-refractivity contribution in [1.82, 2.24) is 19.6 Å². The van der Waals surface area contributed by atoms with Crippen LogP contribution in [-0.4, -0.2) is 67.5 Å². The van der Waals surface area contributed by atoms with Crippen molar-refractivity contribution in [3.05, 3.63) is 42.0 Å². The molecule has 3 aromatic rings. The Hall–Kier alpha value is -2.12. The molecular weight excluding hydrogens is 559 g/mol. The van der Waals surface area contributed by atoms with Crippen molar-refractivity contribution in [2.24, 2.45) is 11.8 Å². The van der Waals surface area contributed by atoms with E-state index in [-0.39, 0.29) is 6.61 Å². The van der Waals surface area contributed by atoms with Crippen molar-refractivity contribution in [3.8, 4) is 11.1 Å². The van der Waals surface area contributed by atoms with Crippen LogP contribution in [0.3, 0.4) is 0 Å². The summed E-state index contributed by atoms with van der Waals surface area (Å²) in [4.78, 5) is 11.9. The number of aliphatic hydroxyl groups is 1.